The number of benzene rings is 1. The third-order valence-electron chi connectivity index (χ3n) is 2.65. The zero-order valence-corrected chi connectivity index (χ0v) is 12.6. The van der Waals surface area contributed by atoms with E-state index in [4.69, 9.17) is 0 Å². The summed E-state index contributed by atoms with van der Waals surface area (Å²) in [4.78, 5) is 25.8. The van der Waals surface area contributed by atoms with Crippen molar-refractivity contribution in [3.8, 4) is 0 Å². The van der Waals surface area contributed by atoms with Gasteiger partial charge in [0, 0.05) is 30.3 Å². The van der Waals surface area contributed by atoms with E-state index >= 15 is 0 Å². The maximum absolute atomic E-state index is 12.0. The van der Waals surface area contributed by atoms with Gasteiger partial charge in [-0.1, -0.05) is 6.07 Å². The number of carbonyl (C=O) groups is 2. The molecule has 1 aromatic rings. The molecule has 0 aromatic heterocycles. The predicted octanol–water partition coefficient (Wildman–Crippen LogP) is 1.12. The van der Waals surface area contributed by atoms with Crippen LogP contribution in [0.15, 0.2) is 24.3 Å². The second-order valence-corrected chi connectivity index (χ2v) is 5.27. The summed E-state index contributed by atoms with van der Waals surface area (Å²) in [7, 11) is 3.89. The van der Waals surface area contributed by atoms with E-state index in [0.717, 1.165) is 6.54 Å². The number of hydrogen-bond donors (Lipinski definition) is 2. The Labute approximate surface area is 120 Å². The van der Waals surface area contributed by atoms with Crippen LogP contribution in [0, 0.1) is 0 Å². The highest BCUT2D eigenvalue weighted by molar-refractivity contribution is 5.99. The normalized spacial score (nSPS) is 10.7. The molecule has 1 rings (SSSR count). The van der Waals surface area contributed by atoms with Gasteiger partial charge in [-0.2, -0.15) is 0 Å². The van der Waals surface area contributed by atoms with Crippen molar-refractivity contribution in [2.75, 3.05) is 27.2 Å². The molecule has 0 saturated carbocycles. The van der Waals surface area contributed by atoms with E-state index in [2.05, 4.69) is 10.6 Å². The van der Waals surface area contributed by atoms with Crippen LogP contribution in [0.4, 0.5) is 0 Å². The fraction of sp³-hybridized carbons (Fsp3) is 0.467. The highest BCUT2D eigenvalue weighted by atomic mass is 16.2. The van der Waals surface area contributed by atoms with Gasteiger partial charge in [-0.3, -0.25) is 9.59 Å². The highest BCUT2D eigenvalue weighted by Crippen LogP contribution is 2.05. The Morgan fingerprint density at radius 1 is 1.15 bits per heavy atom. The van der Waals surface area contributed by atoms with Crippen LogP contribution < -0.4 is 10.6 Å². The molecule has 5 nitrogen and oxygen atoms in total. The average Bonchev–Trinajstić information content (AvgIpc) is 2.37. The van der Waals surface area contributed by atoms with Crippen molar-refractivity contribution in [2.24, 2.45) is 0 Å². The topological polar surface area (TPSA) is 61.4 Å². The maximum Gasteiger partial charge on any atom is 0.251 e. The van der Waals surface area contributed by atoms with Crippen LogP contribution in [0.2, 0.25) is 0 Å². The Morgan fingerprint density at radius 2 is 1.75 bits per heavy atom. The fourth-order valence-corrected chi connectivity index (χ4v) is 1.64. The minimum atomic E-state index is -0.164. The first-order chi connectivity index (χ1) is 9.40. The maximum atomic E-state index is 12.0. The predicted molar refractivity (Wildman–Crippen MR) is 79.9 cm³/mol. The van der Waals surface area contributed by atoms with Crippen molar-refractivity contribution in [3.05, 3.63) is 35.4 Å². The lowest BCUT2D eigenvalue weighted by Crippen LogP contribution is -2.32. The molecule has 0 aliphatic rings. The molecule has 0 saturated heterocycles. The van der Waals surface area contributed by atoms with Crippen LogP contribution in [-0.4, -0.2) is 49.9 Å². The van der Waals surface area contributed by atoms with Gasteiger partial charge in [-0.05, 0) is 46.1 Å². The van der Waals surface area contributed by atoms with Gasteiger partial charge in [0.2, 0.25) is 0 Å². The molecule has 0 heterocycles. The Kier molecular flexibility index (Phi) is 6.18. The SMILES string of the molecule is CC(C)NC(=O)c1cccc(C(=O)NCCN(C)C)c1. The highest BCUT2D eigenvalue weighted by Gasteiger charge is 2.10. The molecule has 0 aliphatic heterocycles. The first-order valence-electron chi connectivity index (χ1n) is 6.74. The third-order valence-corrected chi connectivity index (χ3v) is 2.65. The molecule has 5 heteroatoms. The van der Waals surface area contributed by atoms with Gasteiger partial charge in [0.15, 0.2) is 0 Å². The lowest BCUT2D eigenvalue weighted by Gasteiger charge is -2.11. The molecular weight excluding hydrogens is 254 g/mol. The van der Waals surface area contributed by atoms with Crippen molar-refractivity contribution in [1.82, 2.24) is 15.5 Å². The zero-order valence-electron chi connectivity index (χ0n) is 12.6. The van der Waals surface area contributed by atoms with Gasteiger partial charge >= 0.3 is 0 Å². The van der Waals surface area contributed by atoms with Crippen LogP contribution in [0.3, 0.4) is 0 Å². The summed E-state index contributed by atoms with van der Waals surface area (Å²) in [5.41, 5.74) is 0.999. The number of likely N-dealkylation sites (N-methyl/N-ethyl adjacent to an activating group) is 1. The summed E-state index contributed by atoms with van der Waals surface area (Å²) in [6, 6.07) is 6.81. The second kappa shape index (κ2) is 7.65. The lowest BCUT2D eigenvalue weighted by atomic mass is 10.1. The third kappa shape index (κ3) is 5.40. The van der Waals surface area contributed by atoms with E-state index < -0.39 is 0 Å². The molecule has 20 heavy (non-hydrogen) atoms. The summed E-state index contributed by atoms with van der Waals surface area (Å²) in [5, 5.41) is 5.63. The Morgan fingerprint density at radius 3 is 2.30 bits per heavy atom. The van der Waals surface area contributed by atoms with E-state index in [-0.39, 0.29) is 17.9 Å². The van der Waals surface area contributed by atoms with Crippen LogP contribution >= 0.6 is 0 Å². The Bertz CT molecular complexity index is 470. The molecule has 0 unspecified atom stereocenters. The van der Waals surface area contributed by atoms with E-state index in [1.165, 1.54) is 0 Å². The molecular formula is C15H23N3O2. The number of carbonyl (C=O) groups excluding carboxylic acids is 2. The number of nitrogens with one attached hydrogen (secondary N) is 2. The molecule has 0 radical (unpaired) electrons. The number of nitrogens with zero attached hydrogens (tertiary/aromatic N) is 1. The van der Waals surface area contributed by atoms with E-state index in [1.807, 2.05) is 32.8 Å². The van der Waals surface area contributed by atoms with Gasteiger partial charge in [0.05, 0.1) is 0 Å². The molecule has 0 spiro atoms. The van der Waals surface area contributed by atoms with Crippen molar-refractivity contribution in [1.29, 1.82) is 0 Å². The standard InChI is InChI=1S/C15H23N3O2/c1-11(2)17-15(20)13-7-5-6-12(10-13)14(19)16-8-9-18(3)4/h5-7,10-11H,8-9H2,1-4H3,(H,16,19)(H,17,20). The summed E-state index contributed by atoms with van der Waals surface area (Å²) in [6.07, 6.45) is 0. The molecule has 0 atom stereocenters. The number of hydrogen-bond acceptors (Lipinski definition) is 3. The Hall–Kier alpha value is -1.88. The van der Waals surface area contributed by atoms with Crippen molar-refractivity contribution in [2.45, 2.75) is 19.9 Å². The molecule has 110 valence electrons. The summed E-state index contributed by atoms with van der Waals surface area (Å²) < 4.78 is 0. The molecule has 0 aliphatic carbocycles. The molecule has 2 amide bonds. The van der Waals surface area contributed by atoms with Crippen molar-refractivity contribution < 1.29 is 9.59 Å². The van der Waals surface area contributed by atoms with Gasteiger partial charge in [-0.25, -0.2) is 0 Å². The molecule has 1 aromatic carbocycles. The minimum absolute atomic E-state index is 0.0695. The Balaban J connectivity index is 2.67. The average molecular weight is 277 g/mol. The summed E-state index contributed by atoms with van der Waals surface area (Å²) in [5.74, 6) is -0.325. The van der Waals surface area contributed by atoms with E-state index in [9.17, 15) is 9.59 Å². The summed E-state index contributed by atoms with van der Waals surface area (Å²) >= 11 is 0. The molecule has 2 N–H and O–H groups in total. The lowest BCUT2D eigenvalue weighted by molar-refractivity contribution is 0.0943. The first-order valence-corrected chi connectivity index (χ1v) is 6.74. The monoisotopic (exact) mass is 277 g/mol. The van der Waals surface area contributed by atoms with Crippen molar-refractivity contribution in [3.63, 3.8) is 0 Å². The van der Waals surface area contributed by atoms with Gasteiger partial charge in [0.1, 0.15) is 0 Å². The summed E-state index contributed by atoms with van der Waals surface area (Å²) in [6.45, 7) is 5.15. The van der Waals surface area contributed by atoms with Gasteiger partial charge < -0.3 is 15.5 Å². The zero-order chi connectivity index (χ0) is 15.1. The number of rotatable bonds is 6. The van der Waals surface area contributed by atoms with E-state index in [0.29, 0.717) is 17.7 Å². The van der Waals surface area contributed by atoms with Crippen LogP contribution in [0.1, 0.15) is 34.6 Å². The first kappa shape index (κ1) is 16.2. The van der Waals surface area contributed by atoms with Crippen molar-refractivity contribution >= 4 is 11.8 Å². The van der Waals surface area contributed by atoms with Crippen LogP contribution in [0.5, 0.6) is 0 Å². The smallest absolute Gasteiger partial charge is 0.251 e. The quantitative estimate of drug-likeness (QED) is 0.819. The molecule has 0 fully saturated rings. The largest absolute Gasteiger partial charge is 0.351 e. The van der Waals surface area contributed by atoms with Crippen LogP contribution in [0.25, 0.3) is 0 Å². The number of amides is 2. The minimum Gasteiger partial charge on any atom is -0.351 e. The molecule has 0 bridgehead atoms. The van der Waals surface area contributed by atoms with Gasteiger partial charge in [0.25, 0.3) is 11.8 Å². The van der Waals surface area contributed by atoms with E-state index in [1.54, 1.807) is 24.3 Å². The van der Waals surface area contributed by atoms with Gasteiger partial charge in [-0.15, -0.1) is 0 Å². The van der Waals surface area contributed by atoms with Crippen LogP contribution in [-0.2, 0) is 0 Å². The second-order valence-electron chi connectivity index (χ2n) is 5.27. The fourth-order valence-electron chi connectivity index (χ4n) is 1.64.